The average molecular weight is 332 g/mol. The minimum absolute atomic E-state index is 0.126. The second-order valence-electron chi connectivity index (χ2n) is 4.89. The Morgan fingerprint density at radius 3 is 2.72 bits per heavy atom. The van der Waals surface area contributed by atoms with Gasteiger partial charge >= 0.3 is 0 Å². The Morgan fingerprint density at radius 2 is 2.17 bits per heavy atom. The number of hydrogen-bond acceptors (Lipinski definition) is 2. The van der Waals surface area contributed by atoms with Crippen LogP contribution in [0.15, 0.2) is 18.3 Å². The van der Waals surface area contributed by atoms with Gasteiger partial charge in [-0.15, -0.1) is 0 Å². The van der Waals surface area contributed by atoms with Crippen LogP contribution >= 0.6 is 27.5 Å². The van der Waals surface area contributed by atoms with Crippen molar-refractivity contribution in [2.45, 2.75) is 25.7 Å². The van der Waals surface area contributed by atoms with E-state index in [-0.39, 0.29) is 11.3 Å². The van der Waals surface area contributed by atoms with Gasteiger partial charge in [-0.05, 0) is 30.4 Å². The van der Waals surface area contributed by atoms with Crippen LogP contribution in [0.3, 0.4) is 0 Å². The summed E-state index contributed by atoms with van der Waals surface area (Å²) in [5, 5.41) is 4.46. The summed E-state index contributed by atoms with van der Waals surface area (Å²) < 4.78 is 0. The first-order chi connectivity index (χ1) is 8.65. The lowest BCUT2D eigenvalue weighted by Crippen LogP contribution is -2.37. The van der Waals surface area contributed by atoms with Crippen molar-refractivity contribution in [2.24, 2.45) is 5.41 Å². The predicted octanol–water partition coefficient (Wildman–Crippen LogP) is 3.42. The lowest BCUT2D eigenvalue weighted by molar-refractivity contribution is 0.0930. The van der Waals surface area contributed by atoms with Crippen molar-refractivity contribution in [1.29, 1.82) is 0 Å². The molecule has 1 heterocycles. The van der Waals surface area contributed by atoms with Gasteiger partial charge in [0, 0.05) is 18.1 Å². The third-order valence-electron chi connectivity index (χ3n) is 3.53. The van der Waals surface area contributed by atoms with E-state index in [1.165, 1.54) is 31.9 Å². The van der Waals surface area contributed by atoms with Gasteiger partial charge in [0.15, 0.2) is 0 Å². The molecule has 1 aromatic rings. The number of aromatic nitrogens is 1. The van der Waals surface area contributed by atoms with Crippen LogP contribution in [-0.4, -0.2) is 22.8 Å². The van der Waals surface area contributed by atoms with Gasteiger partial charge in [0.25, 0.3) is 5.91 Å². The number of nitrogens with one attached hydrogen (secondary N) is 1. The summed E-state index contributed by atoms with van der Waals surface area (Å²) in [4.78, 5) is 16.0. The van der Waals surface area contributed by atoms with Crippen LogP contribution < -0.4 is 5.32 Å². The van der Waals surface area contributed by atoms with Gasteiger partial charge in [-0.1, -0.05) is 40.4 Å². The minimum Gasteiger partial charge on any atom is -0.350 e. The van der Waals surface area contributed by atoms with E-state index in [9.17, 15) is 4.79 Å². The maximum absolute atomic E-state index is 11.9. The van der Waals surface area contributed by atoms with Gasteiger partial charge in [-0.3, -0.25) is 4.79 Å². The third kappa shape index (κ3) is 3.23. The molecule has 5 heteroatoms. The fourth-order valence-corrected chi connectivity index (χ4v) is 3.22. The SMILES string of the molecule is O=C(NCC1(CBr)CCCC1)c1ccc(Cl)cn1. The van der Waals surface area contributed by atoms with Gasteiger partial charge in [-0.2, -0.15) is 0 Å². The van der Waals surface area contributed by atoms with E-state index in [4.69, 9.17) is 11.6 Å². The first-order valence-corrected chi connectivity index (χ1v) is 7.61. The maximum Gasteiger partial charge on any atom is 0.269 e. The molecule has 1 aliphatic rings. The van der Waals surface area contributed by atoms with E-state index >= 15 is 0 Å². The third-order valence-corrected chi connectivity index (χ3v) is 4.94. The molecule has 1 fully saturated rings. The number of hydrogen-bond donors (Lipinski definition) is 1. The van der Waals surface area contributed by atoms with Crippen molar-refractivity contribution in [1.82, 2.24) is 10.3 Å². The zero-order valence-corrected chi connectivity index (χ0v) is 12.4. The lowest BCUT2D eigenvalue weighted by Gasteiger charge is -2.26. The largest absolute Gasteiger partial charge is 0.350 e. The van der Waals surface area contributed by atoms with Gasteiger partial charge in [-0.25, -0.2) is 4.98 Å². The highest BCUT2D eigenvalue weighted by molar-refractivity contribution is 9.09. The van der Waals surface area contributed by atoms with Crippen molar-refractivity contribution in [2.75, 3.05) is 11.9 Å². The molecule has 1 amide bonds. The van der Waals surface area contributed by atoms with E-state index in [0.717, 1.165) is 5.33 Å². The summed E-state index contributed by atoms with van der Waals surface area (Å²) in [5.74, 6) is -0.126. The fraction of sp³-hybridized carbons (Fsp3) is 0.538. The first kappa shape index (κ1) is 13.8. The highest BCUT2D eigenvalue weighted by atomic mass is 79.9. The highest BCUT2D eigenvalue weighted by Crippen LogP contribution is 2.38. The molecule has 0 unspecified atom stereocenters. The topological polar surface area (TPSA) is 42.0 Å². The summed E-state index contributed by atoms with van der Waals surface area (Å²) in [6.07, 6.45) is 6.34. The Labute approximate surface area is 120 Å². The first-order valence-electron chi connectivity index (χ1n) is 6.11. The molecular formula is C13H16BrClN2O. The van der Waals surface area contributed by atoms with Crippen molar-refractivity contribution >= 4 is 33.4 Å². The van der Waals surface area contributed by atoms with Crippen LogP contribution in [0.1, 0.15) is 36.2 Å². The second kappa shape index (κ2) is 6.02. The summed E-state index contributed by atoms with van der Waals surface area (Å²) in [5.41, 5.74) is 0.643. The molecule has 1 N–H and O–H groups in total. The Kier molecular flexibility index (Phi) is 4.62. The smallest absolute Gasteiger partial charge is 0.269 e. The van der Waals surface area contributed by atoms with Crippen molar-refractivity contribution in [3.05, 3.63) is 29.0 Å². The van der Waals surface area contributed by atoms with Gasteiger partial charge in [0.2, 0.25) is 0 Å². The molecule has 1 saturated carbocycles. The van der Waals surface area contributed by atoms with Crippen molar-refractivity contribution in [3.63, 3.8) is 0 Å². The molecule has 0 saturated heterocycles. The van der Waals surface area contributed by atoms with E-state index in [1.807, 2.05) is 0 Å². The minimum atomic E-state index is -0.126. The van der Waals surface area contributed by atoms with Crippen molar-refractivity contribution in [3.8, 4) is 0 Å². The molecule has 2 rings (SSSR count). The lowest BCUT2D eigenvalue weighted by atomic mass is 9.89. The van der Waals surface area contributed by atoms with Crippen LogP contribution in [0, 0.1) is 5.41 Å². The fourth-order valence-electron chi connectivity index (χ4n) is 2.35. The summed E-state index contributed by atoms with van der Waals surface area (Å²) in [7, 11) is 0. The summed E-state index contributed by atoms with van der Waals surface area (Å²) >= 11 is 9.31. The van der Waals surface area contributed by atoms with Gasteiger partial charge in [0.05, 0.1) is 5.02 Å². The van der Waals surface area contributed by atoms with Crippen LogP contribution in [0.2, 0.25) is 5.02 Å². The quantitative estimate of drug-likeness (QED) is 0.859. The Bertz CT molecular complexity index is 416. The number of carbonyl (C=O) groups is 1. The summed E-state index contributed by atoms with van der Waals surface area (Å²) in [6.45, 7) is 0.710. The molecule has 98 valence electrons. The maximum atomic E-state index is 11.9. The van der Waals surface area contributed by atoms with Crippen LogP contribution in [0.25, 0.3) is 0 Å². The Hall–Kier alpha value is -0.610. The zero-order valence-electron chi connectivity index (χ0n) is 10.1. The van der Waals surface area contributed by atoms with Crippen LogP contribution in [-0.2, 0) is 0 Å². The van der Waals surface area contributed by atoms with E-state index in [0.29, 0.717) is 17.3 Å². The van der Waals surface area contributed by atoms with Crippen LogP contribution in [0.4, 0.5) is 0 Å². The Morgan fingerprint density at radius 1 is 1.44 bits per heavy atom. The van der Waals surface area contributed by atoms with Gasteiger partial charge < -0.3 is 5.32 Å². The molecule has 0 atom stereocenters. The molecule has 0 bridgehead atoms. The number of pyridine rings is 1. The molecule has 0 aromatic carbocycles. The Balaban J connectivity index is 1.93. The van der Waals surface area contributed by atoms with Crippen molar-refractivity contribution < 1.29 is 4.79 Å². The molecule has 1 aromatic heterocycles. The molecule has 3 nitrogen and oxygen atoms in total. The number of nitrogens with zero attached hydrogens (tertiary/aromatic N) is 1. The highest BCUT2D eigenvalue weighted by Gasteiger charge is 2.33. The molecule has 0 radical (unpaired) electrons. The second-order valence-corrected chi connectivity index (χ2v) is 5.88. The molecule has 18 heavy (non-hydrogen) atoms. The number of amides is 1. The number of halogens is 2. The molecule has 0 aliphatic heterocycles. The molecule has 0 spiro atoms. The number of carbonyl (C=O) groups excluding carboxylic acids is 1. The number of rotatable bonds is 4. The van der Waals surface area contributed by atoms with Gasteiger partial charge in [0.1, 0.15) is 5.69 Å². The summed E-state index contributed by atoms with van der Waals surface area (Å²) in [6, 6.07) is 3.33. The van der Waals surface area contributed by atoms with E-state index in [2.05, 4.69) is 26.2 Å². The molecule has 1 aliphatic carbocycles. The standard InChI is InChI=1S/C13H16BrClN2O/c14-8-13(5-1-2-6-13)9-17-12(18)11-4-3-10(15)7-16-11/h3-4,7H,1-2,5-6,8-9H2,(H,17,18). The van der Waals surface area contributed by atoms with E-state index < -0.39 is 0 Å². The average Bonchev–Trinajstić information content (AvgIpc) is 2.86. The molecular weight excluding hydrogens is 316 g/mol. The van der Waals surface area contributed by atoms with Crippen LogP contribution in [0.5, 0.6) is 0 Å². The zero-order chi connectivity index (χ0) is 13.0. The van der Waals surface area contributed by atoms with E-state index in [1.54, 1.807) is 12.1 Å². The number of alkyl halides is 1. The normalized spacial score (nSPS) is 17.7. The predicted molar refractivity (Wildman–Crippen MR) is 76.3 cm³/mol. The monoisotopic (exact) mass is 330 g/mol.